The second-order valence-electron chi connectivity index (χ2n) is 6.21. The summed E-state index contributed by atoms with van der Waals surface area (Å²) in [6.07, 6.45) is 13.1. The Labute approximate surface area is 133 Å². The van der Waals surface area contributed by atoms with Crippen LogP contribution in [0.5, 0.6) is 0 Å². The molecule has 2 atom stereocenters. The van der Waals surface area contributed by atoms with E-state index in [2.05, 4.69) is 19.9 Å². The third-order valence-electron chi connectivity index (χ3n) is 4.15. The van der Waals surface area contributed by atoms with Crippen LogP contribution in [0.2, 0.25) is 0 Å². The number of Topliss-reactive ketones (excluding diaryl/α,β-unsaturated/α-hetero) is 1. The summed E-state index contributed by atoms with van der Waals surface area (Å²) in [5.74, 6) is -2.25. The number of hydrogen-bond donors (Lipinski definition) is 0. The number of allylic oxidation sites excluding steroid dienone is 7. The molecule has 1 aliphatic rings. The van der Waals surface area contributed by atoms with Crippen molar-refractivity contribution in [1.29, 1.82) is 0 Å². The molecule has 0 aromatic carbocycles. The standard InChI is InChI=1S/C19H26O3/c1-14(2)8-7-9-15(3)11-13-19(16(4)20)12-6-5-10-17(19)18(21)22/h5-6,8,10-12,17H,7,9,13H2,1-4H3,(H,21,22)/p-1/b15-11+. The molecule has 0 aromatic rings. The number of rotatable bonds is 7. The van der Waals surface area contributed by atoms with Gasteiger partial charge in [-0.3, -0.25) is 4.79 Å². The zero-order valence-corrected chi connectivity index (χ0v) is 13.9. The minimum Gasteiger partial charge on any atom is -0.549 e. The first-order valence-electron chi connectivity index (χ1n) is 7.66. The summed E-state index contributed by atoms with van der Waals surface area (Å²) < 4.78 is 0. The molecule has 1 aliphatic carbocycles. The van der Waals surface area contributed by atoms with Gasteiger partial charge in [0.05, 0.1) is 5.41 Å². The minimum atomic E-state index is -1.20. The molecule has 2 unspecified atom stereocenters. The fourth-order valence-electron chi connectivity index (χ4n) is 2.68. The molecule has 22 heavy (non-hydrogen) atoms. The molecule has 120 valence electrons. The van der Waals surface area contributed by atoms with Crippen molar-refractivity contribution in [3.8, 4) is 0 Å². The van der Waals surface area contributed by atoms with Crippen LogP contribution in [0.25, 0.3) is 0 Å². The van der Waals surface area contributed by atoms with Crippen LogP contribution in [0, 0.1) is 11.3 Å². The first-order valence-corrected chi connectivity index (χ1v) is 7.66. The van der Waals surface area contributed by atoms with Crippen molar-refractivity contribution in [3.05, 3.63) is 47.6 Å². The average Bonchev–Trinajstić information content (AvgIpc) is 2.44. The summed E-state index contributed by atoms with van der Waals surface area (Å²) in [6.45, 7) is 7.59. The van der Waals surface area contributed by atoms with Crippen LogP contribution in [0.4, 0.5) is 0 Å². The summed E-state index contributed by atoms with van der Waals surface area (Å²) in [5.41, 5.74) is 1.43. The van der Waals surface area contributed by atoms with E-state index < -0.39 is 17.3 Å². The topological polar surface area (TPSA) is 57.2 Å². The molecule has 1 rings (SSSR count). The summed E-state index contributed by atoms with van der Waals surface area (Å²) in [7, 11) is 0. The van der Waals surface area contributed by atoms with Gasteiger partial charge in [-0.1, -0.05) is 47.6 Å². The molecule has 0 amide bonds. The van der Waals surface area contributed by atoms with E-state index >= 15 is 0 Å². The van der Waals surface area contributed by atoms with Crippen LogP contribution in [0.15, 0.2) is 47.6 Å². The minimum absolute atomic E-state index is 0.143. The molecular formula is C19H25O3-. The maximum atomic E-state index is 12.1. The van der Waals surface area contributed by atoms with Gasteiger partial charge < -0.3 is 9.90 Å². The second kappa shape index (κ2) is 7.92. The predicted octanol–water partition coefficient (Wildman–Crippen LogP) is 3.14. The smallest absolute Gasteiger partial charge is 0.141 e. The van der Waals surface area contributed by atoms with Gasteiger partial charge in [0.2, 0.25) is 0 Å². The SMILES string of the molecule is CC(=O)C1(C/C=C(\C)CCC=C(C)C)C=CC=CC1C(=O)[O-]. The van der Waals surface area contributed by atoms with Gasteiger partial charge in [-0.2, -0.15) is 0 Å². The van der Waals surface area contributed by atoms with Crippen molar-refractivity contribution < 1.29 is 14.7 Å². The van der Waals surface area contributed by atoms with Crippen molar-refractivity contribution in [2.24, 2.45) is 11.3 Å². The van der Waals surface area contributed by atoms with E-state index in [-0.39, 0.29) is 5.78 Å². The Bertz CT molecular complexity index is 545. The molecule has 3 heteroatoms. The van der Waals surface area contributed by atoms with Crippen molar-refractivity contribution in [1.82, 2.24) is 0 Å². The number of carboxylic acids is 1. The Balaban J connectivity index is 2.90. The van der Waals surface area contributed by atoms with E-state index in [4.69, 9.17) is 0 Å². The first kappa shape index (κ1) is 18.1. The number of hydrogen-bond acceptors (Lipinski definition) is 3. The highest BCUT2D eigenvalue weighted by molar-refractivity contribution is 5.91. The van der Waals surface area contributed by atoms with E-state index in [1.54, 1.807) is 24.3 Å². The van der Waals surface area contributed by atoms with Crippen LogP contribution in [0.3, 0.4) is 0 Å². The first-order chi connectivity index (χ1) is 10.3. The number of carbonyl (C=O) groups is 2. The van der Waals surface area contributed by atoms with Gasteiger partial charge in [-0.05, 0) is 47.0 Å². The van der Waals surface area contributed by atoms with Gasteiger partial charge in [0, 0.05) is 11.9 Å². The molecule has 0 aliphatic heterocycles. The molecule has 0 N–H and O–H groups in total. The molecular weight excluding hydrogens is 276 g/mol. The summed E-state index contributed by atoms with van der Waals surface area (Å²) in [4.78, 5) is 23.5. The zero-order chi connectivity index (χ0) is 16.8. The number of carboxylic acid groups (broad SMARTS) is 1. The fourth-order valence-corrected chi connectivity index (χ4v) is 2.68. The third-order valence-corrected chi connectivity index (χ3v) is 4.15. The Morgan fingerprint density at radius 1 is 1.14 bits per heavy atom. The maximum absolute atomic E-state index is 12.1. The quantitative estimate of drug-likeness (QED) is 0.679. The zero-order valence-electron chi connectivity index (χ0n) is 13.9. The predicted molar refractivity (Wildman–Crippen MR) is 86.9 cm³/mol. The normalized spacial score (nSPS) is 24.2. The summed E-state index contributed by atoms with van der Waals surface area (Å²) in [5, 5.41) is 11.4. The van der Waals surface area contributed by atoms with Crippen molar-refractivity contribution >= 4 is 11.8 Å². The van der Waals surface area contributed by atoms with E-state index in [0.29, 0.717) is 6.42 Å². The molecule has 0 fully saturated rings. The van der Waals surface area contributed by atoms with Crippen molar-refractivity contribution in [3.63, 3.8) is 0 Å². The van der Waals surface area contributed by atoms with Crippen molar-refractivity contribution in [2.75, 3.05) is 0 Å². The van der Waals surface area contributed by atoms with Crippen LogP contribution >= 0.6 is 0 Å². The lowest BCUT2D eigenvalue weighted by atomic mass is 9.67. The van der Waals surface area contributed by atoms with Gasteiger partial charge in [-0.25, -0.2) is 0 Å². The lowest BCUT2D eigenvalue weighted by Crippen LogP contribution is -2.45. The number of carbonyl (C=O) groups excluding carboxylic acids is 2. The highest BCUT2D eigenvalue weighted by atomic mass is 16.4. The lowest BCUT2D eigenvalue weighted by molar-refractivity contribution is -0.312. The summed E-state index contributed by atoms with van der Waals surface area (Å²) in [6, 6.07) is 0. The van der Waals surface area contributed by atoms with Crippen LogP contribution < -0.4 is 5.11 Å². The van der Waals surface area contributed by atoms with Crippen LogP contribution in [-0.2, 0) is 9.59 Å². The van der Waals surface area contributed by atoms with Gasteiger partial charge >= 0.3 is 0 Å². The van der Waals surface area contributed by atoms with Gasteiger partial charge in [-0.15, -0.1) is 0 Å². The van der Waals surface area contributed by atoms with Gasteiger partial charge in [0.15, 0.2) is 0 Å². The van der Waals surface area contributed by atoms with E-state index in [0.717, 1.165) is 18.4 Å². The molecule has 0 saturated carbocycles. The average molecular weight is 301 g/mol. The molecule has 0 aromatic heterocycles. The van der Waals surface area contributed by atoms with Gasteiger partial charge in [0.25, 0.3) is 0 Å². The van der Waals surface area contributed by atoms with Crippen LogP contribution in [0.1, 0.15) is 47.0 Å². The van der Waals surface area contributed by atoms with E-state index in [9.17, 15) is 14.7 Å². The molecule has 0 bridgehead atoms. The largest absolute Gasteiger partial charge is 0.549 e. The van der Waals surface area contributed by atoms with E-state index in [1.807, 2.05) is 13.0 Å². The Morgan fingerprint density at radius 3 is 2.36 bits per heavy atom. The lowest BCUT2D eigenvalue weighted by Gasteiger charge is -2.36. The summed E-state index contributed by atoms with van der Waals surface area (Å²) >= 11 is 0. The Hall–Kier alpha value is -1.90. The highest BCUT2D eigenvalue weighted by Crippen LogP contribution is 2.38. The van der Waals surface area contributed by atoms with Crippen LogP contribution in [-0.4, -0.2) is 11.8 Å². The number of aliphatic carboxylic acids is 1. The fraction of sp³-hybridized carbons (Fsp3) is 0.474. The number of ketones is 1. The molecule has 3 nitrogen and oxygen atoms in total. The molecule has 0 spiro atoms. The highest BCUT2D eigenvalue weighted by Gasteiger charge is 2.40. The Morgan fingerprint density at radius 2 is 1.82 bits per heavy atom. The van der Waals surface area contributed by atoms with Gasteiger partial charge in [0.1, 0.15) is 5.78 Å². The Kier molecular flexibility index (Phi) is 6.54. The maximum Gasteiger partial charge on any atom is 0.141 e. The molecule has 0 radical (unpaired) electrons. The van der Waals surface area contributed by atoms with E-state index in [1.165, 1.54) is 12.5 Å². The van der Waals surface area contributed by atoms with Crippen molar-refractivity contribution in [2.45, 2.75) is 47.0 Å². The molecule has 0 heterocycles. The second-order valence-corrected chi connectivity index (χ2v) is 6.21. The monoisotopic (exact) mass is 301 g/mol. The molecule has 0 saturated heterocycles. The third kappa shape index (κ3) is 4.55.